The van der Waals surface area contributed by atoms with Gasteiger partial charge in [0.1, 0.15) is 24.4 Å². The molecule has 26 nitrogen and oxygen atoms in total. The smallest absolute Gasteiger partial charge is 0.394 e. The zero-order valence-electron chi connectivity index (χ0n) is 22.8. The van der Waals surface area contributed by atoms with Gasteiger partial charge in [-0.3, -0.25) is 28.8 Å². The highest BCUT2D eigenvalue weighted by atomic mass is 31.3. The minimum atomic E-state index is -6.01. The Morgan fingerprint density at radius 3 is 1.60 bits per heavy atom. The van der Waals surface area contributed by atoms with Crippen LogP contribution in [0.2, 0.25) is 0 Å². The summed E-state index contributed by atoms with van der Waals surface area (Å²) >= 11 is 0. The van der Waals surface area contributed by atoms with Crippen molar-refractivity contribution in [3.8, 4) is 0 Å². The van der Waals surface area contributed by atoms with E-state index in [0.29, 0.717) is 24.5 Å². The molecule has 10 atom stereocenters. The molecule has 29 heteroatoms. The lowest BCUT2D eigenvalue weighted by atomic mass is 10.1. The van der Waals surface area contributed by atoms with E-state index in [0.717, 1.165) is 0 Å². The molecule has 0 saturated carbocycles. The Kier molecular flexibility index (Phi) is 10.4. The molecule has 47 heavy (non-hydrogen) atoms. The molecule has 0 bridgehead atoms. The number of nitrogens with zero attached hydrogens (tertiary/aromatic N) is 2. The van der Waals surface area contributed by atoms with Crippen LogP contribution in [-0.2, 0) is 52.9 Å². The number of rotatable bonds is 12. The largest absolute Gasteiger partial charge is 0.490 e. The maximum atomic E-state index is 12.9. The molecule has 2 aromatic rings. The Morgan fingerprint density at radius 2 is 1.19 bits per heavy atom. The molecule has 0 spiro atoms. The van der Waals surface area contributed by atoms with Gasteiger partial charge in [0.05, 0.1) is 13.2 Å². The second-order valence-corrected chi connectivity index (χ2v) is 14.0. The van der Waals surface area contributed by atoms with E-state index in [4.69, 9.17) is 24.0 Å². The van der Waals surface area contributed by atoms with Crippen LogP contribution >= 0.6 is 23.5 Å². The normalized spacial score (nSPS) is 33.8. The summed E-state index contributed by atoms with van der Waals surface area (Å²) in [5.74, 6) is -6.52. The van der Waals surface area contributed by atoms with Crippen LogP contribution in [0, 0.1) is 0 Å². The maximum Gasteiger partial charge on any atom is 0.490 e. The summed E-state index contributed by atoms with van der Waals surface area (Å²) in [5.41, 5.74) is -4.96. The van der Waals surface area contributed by atoms with E-state index in [-0.39, 0.29) is 9.13 Å². The van der Waals surface area contributed by atoms with Crippen molar-refractivity contribution < 1.29 is 86.2 Å². The van der Waals surface area contributed by atoms with Gasteiger partial charge in [0.25, 0.3) is 22.9 Å². The first-order chi connectivity index (χ1) is 21.6. The third-order valence-electron chi connectivity index (χ3n) is 6.41. The number of aromatic nitrogens is 4. The molecular weight excluding hydrogens is 717 g/mol. The Hall–Kier alpha value is -2.55. The van der Waals surface area contributed by atoms with E-state index in [1.54, 1.807) is 9.97 Å². The lowest BCUT2D eigenvalue weighted by Crippen LogP contribution is -2.62. The summed E-state index contributed by atoms with van der Waals surface area (Å²) in [4.78, 5) is 89.4. The lowest BCUT2D eigenvalue weighted by Gasteiger charge is -2.42. The summed E-state index contributed by atoms with van der Waals surface area (Å²) in [6.45, 7) is -2.54. The van der Waals surface area contributed by atoms with Gasteiger partial charge in [-0.05, 0) is 0 Å². The van der Waals surface area contributed by atoms with Crippen molar-refractivity contribution in [1.82, 2.24) is 19.1 Å². The van der Waals surface area contributed by atoms with E-state index in [1.165, 1.54) is 0 Å². The molecule has 2 unspecified atom stereocenters. The fraction of sp³-hybridized carbons (Fsp3) is 0.556. The van der Waals surface area contributed by atoms with Gasteiger partial charge < -0.3 is 54.6 Å². The van der Waals surface area contributed by atoms with Crippen molar-refractivity contribution in [1.29, 1.82) is 0 Å². The second kappa shape index (κ2) is 13.1. The summed E-state index contributed by atoms with van der Waals surface area (Å²) in [7, 11) is -17.7. The number of phosphoric acid groups is 3. The molecule has 2 saturated heterocycles. The van der Waals surface area contributed by atoms with Gasteiger partial charge in [0.15, 0.2) is 12.2 Å². The second-order valence-electron chi connectivity index (χ2n) is 9.58. The number of hydrogen-bond donors (Lipinski definition) is 11. The van der Waals surface area contributed by atoms with Gasteiger partial charge in [-0.1, -0.05) is 0 Å². The molecule has 11 N–H and O–H groups in total. The van der Waals surface area contributed by atoms with Crippen molar-refractivity contribution in [3.63, 3.8) is 0 Å². The van der Waals surface area contributed by atoms with Gasteiger partial charge in [-0.15, -0.1) is 0 Å². The zero-order chi connectivity index (χ0) is 35.3. The molecule has 4 heterocycles. The van der Waals surface area contributed by atoms with Crippen LogP contribution in [0.4, 0.5) is 0 Å². The average Bonchev–Trinajstić information content (AvgIpc) is 3.30. The topological polar surface area (TPSA) is 398 Å². The Labute approximate surface area is 257 Å². The fourth-order valence-corrected chi connectivity index (χ4v) is 7.53. The number of phosphoric ester groups is 1. The number of nitrogens with one attached hydrogen (secondary N) is 2. The summed E-state index contributed by atoms with van der Waals surface area (Å²) in [6.07, 6.45) is -12.4. The van der Waals surface area contributed by atoms with Gasteiger partial charge in [0.2, 0.25) is 0 Å². The molecule has 0 amide bonds. The standard InChI is InChI=1S/C18H25N4O22P3/c23-5-7-11(26)13(28)17(40-7,21-3-1-9(24)19-15(21)30)42-18(22-4-2-10(25)20-16(22)31)14(29)12(27)8(41-18)6-39-46(35,36)44-47(37,38)43-45(32,33)34/h1-4,7-8,11-14,23,26-29H,5-6H2,(H,35,36)(H,37,38)(H,19,24,30)(H,20,25,31)(H2,32,33,34)/t7-,8-,11-,12-,13-,14-,17+,18+/m1/s1. The average molecular weight is 742 g/mol. The third kappa shape index (κ3) is 7.55. The highest BCUT2D eigenvalue weighted by Crippen LogP contribution is 2.66. The molecular formula is C18H25N4O22P3. The van der Waals surface area contributed by atoms with Crippen LogP contribution < -0.4 is 22.5 Å². The maximum absolute atomic E-state index is 12.9. The molecule has 4 rings (SSSR count). The molecule has 2 fully saturated rings. The van der Waals surface area contributed by atoms with Crippen molar-refractivity contribution in [3.05, 3.63) is 66.2 Å². The molecule has 0 aliphatic carbocycles. The van der Waals surface area contributed by atoms with Crippen LogP contribution in [0.15, 0.2) is 43.7 Å². The van der Waals surface area contributed by atoms with E-state index >= 15 is 0 Å². The van der Waals surface area contributed by atoms with Crippen molar-refractivity contribution in [2.24, 2.45) is 0 Å². The number of aliphatic hydroxyl groups excluding tert-OH is 5. The minimum Gasteiger partial charge on any atom is -0.394 e. The molecule has 2 aliphatic heterocycles. The van der Waals surface area contributed by atoms with Gasteiger partial charge in [-0.2, -0.15) is 8.62 Å². The number of aliphatic hydroxyl groups is 5. The fourth-order valence-electron chi connectivity index (χ4n) is 4.50. The summed E-state index contributed by atoms with van der Waals surface area (Å²) in [5, 5.41) is 53.4. The van der Waals surface area contributed by atoms with Crippen molar-refractivity contribution in [2.75, 3.05) is 13.2 Å². The number of H-pyrrole nitrogens is 2. The number of ether oxygens (including phenoxy) is 3. The lowest BCUT2D eigenvalue weighted by molar-refractivity contribution is -0.448. The minimum absolute atomic E-state index is 0.209. The first-order valence-corrected chi connectivity index (χ1v) is 16.9. The van der Waals surface area contributed by atoms with E-state index in [2.05, 4.69) is 13.1 Å². The Balaban J connectivity index is 1.81. The van der Waals surface area contributed by atoms with Gasteiger partial charge >= 0.3 is 34.8 Å². The van der Waals surface area contributed by atoms with E-state index in [9.17, 15) is 68.2 Å². The van der Waals surface area contributed by atoms with Crippen LogP contribution in [0.25, 0.3) is 0 Å². The van der Waals surface area contributed by atoms with Crippen LogP contribution in [0.5, 0.6) is 0 Å². The molecule has 264 valence electrons. The van der Waals surface area contributed by atoms with Crippen molar-refractivity contribution in [2.45, 2.75) is 48.4 Å². The van der Waals surface area contributed by atoms with Gasteiger partial charge in [-0.25, -0.2) is 32.4 Å². The van der Waals surface area contributed by atoms with Crippen LogP contribution in [0.1, 0.15) is 0 Å². The van der Waals surface area contributed by atoms with Crippen molar-refractivity contribution >= 4 is 23.5 Å². The monoisotopic (exact) mass is 742 g/mol. The Morgan fingerprint density at radius 1 is 0.745 bits per heavy atom. The van der Waals surface area contributed by atoms with E-state index in [1.807, 2.05) is 0 Å². The predicted octanol–water partition coefficient (Wildman–Crippen LogP) is -6.10. The van der Waals surface area contributed by atoms with E-state index < -0.39 is 108 Å². The Bertz CT molecular complexity index is 1870. The van der Waals surface area contributed by atoms with Gasteiger partial charge in [0, 0.05) is 24.5 Å². The molecule has 2 aromatic heterocycles. The molecule has 0 aromatic carbocycles. The number of hydrogen-bond acceptors (Lipinski definition) is 18. The van der Waals surface area contributed by atoms with Crippen LogP contribution in [-0.4, -0.2) is 114 Å². The quantitative estimate of drug-likeness (QED) is 0.0901. The molecule has 0 radical (unpaired) electrons. The predicted molar refractivity (Wildman–Crippen MR) is 140 cm³/mol. The molecule has 2 aliphatic rings. The number of aromatic amines is 2. The highest BCUT2D eigenvalue weighted by Gasteiger charge is 2.67. The van der Waals surface area contributed by atoms with Crippen LogP contribution in [0.3, 0.4) is 0 Å². The zero-order valence-corrected chi connectivity index (χ0v) is 25.4. The first kappa shape index (κ1) is 37.3. The third-order valence-corrected chi connectivity index (χ3v) is 10.2. The summed E-state index contributed by atoms with van der Waals surface area (Å²) < 4.78 is 63.5. The SMILES string of the molecule is O=c1ccn([C@]2(O[C@@]3(n4ccc(=O)[nH]c4=O)O[C@H](COP(=O)(O)OP(=O)(O)OP(=O)(O)O)[C@@H](O)[C@H]3O)O[C@H](CO)[C@@H](O)[C@H]2O)c(=O)[nH]1. The highest BCUT2D eigenvalue weighted by molar-refractivity contribution is 7.66. The first-order valence-electron chi connectivity index (χ1n) is 12.4. The summed E-state index contributed by atoms with van der Waals surface area (Å²) in [6, 6.07) is 1.33.